The Bertz CT molecular complexity index is 419. The number of nitrogens with one attached hydrogen (secondary N) is 1. The molecular weight excluding hydrogens is 252 g/mol. The fourth-order valence-corrected chi connectivity index (χ4v) is 3.57. The highest BCUT2D eigenvalue weighted by Crippen LogP contribution is 2.31. The molecule has 0 bridgehead atoms. The molecule has 0 atom stereocenters. The van der Waals surface area contributed by atoms with Crippen molar-refractivity contribution in [3.05, 3.63) is 5.89 Å². The van der Waals surface area contributed by atoms with Gasteiger partial charge in [-0.3, -0.25) is 0 Å². The first-order valence-corrected chi connectivity index (χ1v) is 8.08. The van der Waals surface area contributed by atoms with Crippen LogP contribution in [0.1, 0.15) is 57.3 Å². The van der Waals surface area contributed by atoms with Crippen molar-refractivity contribution in [2.75, 3.05) is 25.0 Å². The lowest BCUT2D eigenvalue weighted by Crippen LogP contribution is -2.46. The van der Waals surface area contributed by atoms with Gasteiger partial charge in [0.25, 0.3) is 5.95 Å². The average Bonchev–Trinajstić information content (AvgIpc) is 2.97. The monoisotopic (exact) mass is 278 g/mol. The van der Waals surface area contributed by atoms with Crippen LogP contribution >= 0.6 is 0 Å². The van der Waals surface area contributed by atoms with E-state index in [-0.39, 0.29) is 5.54 Å². The zero-order valence-corrected chi connectivity index (χ0v) is 12.5. The van der Waals surface area contributed by atoms with Crippen molar-refractivity contribution in [1.82, 2.24) is 15.5 Å². The molecule has 1 saturated carbocycles. The molecule has 1 aliphatic heterocycles. The molecular formula is C15H26N4O. The Balaban J connectivity index is 1.66. The Morgan fingerprint density at radius 2 is 1.80 bits per heavy atom. The van der Waals surface area contributed by atoms with E-state index in [1.807, 2.05) is 0 Å². The van der Waals surface area contributed by atoms with Gasteiger partial charge in [-0.1, -0.05) is 19.3 Å². The number of nitrogens with zero attached hydrogens (tertiary/aromatic N) is 3. The second-order valence-electron chi connectivity index (χ2n) is 6.30. The van der Waals surface area contributed by atoms with Crippen LogP contribution in [0.25, 0.3) is 0 Å². The highest BCUT2D eigenvalue weighted by molar-refractivity contribution is 5.28. The predicted molar refractivity (Wildman–Crippen MR) is 78.9 cm³/mol. The summed E-state index contributed by atoms with van der Waals surface area (Å²) in [4.78, 5) is 6.88. The highest BCUT2D eigenvalue weighted by Gasteiger charge is 2.32. The molecule has 1 aromatic rings. The van der Waals surface area contributed by atoms with Gasteiger partial charge in [0.1, 0.15) is 0 Å². The van der Waals surface area contributed by atoms with Gasteiger partial charge in [-0.25, -0.2) is 0 Å². The molecule has 112 valence electrons. The lowest BCUT2D eigenvalue weighted by atomic mass is 9.79. The zero-order chi connectivity index (χ0) is 13.8. The Labute approximate surface area is 121 Å². The van der Waals surface area contributed by atoms with E-state index < -0.39 is 0 Å². The van der Waals surface area contributed by atoms with Crippen molar-refractivity contribution in [2.45, 2.75) is 63.3 Å². The van der Waals surface area contributed by atoms with Crippen molar-refractivity contribution < 1.29 is 4.52 Å². The quantitative estimate of drug-likeness (QED) is 0.917. The minimum atomic E-state index is 0.171. The Kier molecular flexibility index (Phi) is 4.24. The van der Waals surface area contributed by atoms with Crippen LogP contribution in [0.4, 0.5) is 5.95 Å². The Hall–Kier alpha value is -1.10. The first-order chi connectivity index (χ1) is 9.81. The third-order valence-corrected chi connectivity index (χ3v) is 4.93. The summed E-state index contributed by atoms with van der Waals surface area (Å²) in [6.45, 7) is 2.13. The number of hydrogen-bond acceptors (Lipinski definition) is 5. The summed E-state index contributed by atoms with van der Waals surface area (Å²) in [6, 6.07) is 0. The lowest BCUT2D eigenvalue weighted by molar-refractivity contribution is 0.221. The van der Waals surface area contributed by atoms with Crippen molar-refractivity contribution in [2.24, 2.45) is 0 Å². The van der Waals surface area contributed by atoms with Crippen LogP contribution in [-0.4, -0.2) is 35.8 Å². The molecule has 0 amide bonds. The largest absolute Gasteiger partial charge is 0.338 e. The molecule has 3 rings (SSSR count). The third-order valence-electron chi connectivity index (χ3n) is 4.93. The van der Waals surface area contributed by atoms with Crippen molar-refractivity contribution in [3.63, 3.8) is 0 Å². The number of likely N-dealkylation sites (N-methyl/N-ethyl adjacent to an activating group) is 1. The minimum absolute atomic E-state index is 0.171. The van der Waals surface area contributed by atoms with Crippen LogP contribution in [0.5, 0.6) is 0 Å². The molecule has 2 fully saturated rings. The van der Waals surface area contributed by atoms with Crippen LogP contribution in [-0.2, 0) is 6.42 Å². The smallest absolute Gasteiger partial charge is 0.266 e. The summed E-state index contributed by atoms with van der Waals surface area (Å²) in [5.41, 5.74) is 0.171. The molecule has 1 aliphatic carbocycles. The van der Waals surface area contributed by atoms with Crippen molar-refractivity contribution >= 4 is 5.95 Å². The number of hydrogen-bond donors (Lipinski definition) is 1. The van der Waals surface area contributed by atoms with Gasteiger partial charge < -0.3 is 14.7 Å². The molecule has 2 aliphatic rings. The van der Waals surface area contributed by atoms with E-state index in [1.54, 1.807) is 0 Å². The van der Waals surface area contributed by atoms with Crippen LogP contribution in [0.2, 0.25) is 0 Å². The van der Waals surface area contributed by atoms with E-state index in [4.69, 9.17) is 4.52 Å². The topological polar surface area (TPSA) is 54.2 Å². The van der Waals surface area contributed by atoms with E-state index >= 15 is 0 Å². The first kappa shape index (κ1) is 13.9. The SMILES string of the molecule is CNC1(Cc2nc(N3CCCCC3)no2)CCCCC1. The van der Waals surface area contributed by atoms with Gasteiger partial charge in [0, 0.05) is 25.0 Å². The second kappa shape index (κ2) is 6.12. The fourth-order valence-electron chi connectivity index (χ4n) is 3.57. The minimum Gasteiger partial charge on any atom is -0.338 e. The summed E-state index contributed by atoms with van der Waals surface area (Å²) in [7, 11) is 2.06. The molecule has 5 heteroatoms. The van der Waals surface area contributed by atoms with Gasteiger partial charge >= 0.3 is 0 Å². The standard InChI is InChI=1S/C15H26N4O/c1-16-15(8-4-2-5-9-15)12-13-17-14(18-20-13)19-10-6-3-7-11-19/h16H,2-12H2,1H3. The normalized spacial score (nSPS) is 22.9. The van der Waals surface area contributed by atoms with Crippen LogP contribution in [0, 0.1) is 0 Å². The molecule has 20 heavy (non-hydrogen) atoms. The number of piperidine rings is 1. The molecule has 0 spiro atoms. The maximum atomic E-state index is 5.50. The molecule has 0 radical (unpaired) electrons. The average molecular weight is 278 g/mol. The van der Waals surface area contributed by atoms with Crippen LogP contribution in [0.3, 0.4) is 0 Å². The van der Waals surface area contributed by atoms with Crippen LogP contribution in [0.15, 0.2) is 4.52 Å². The van der Waals surface area contributed by atoms with Gasteiger partial charge in [0.05, 0.1) is 0 Å². The van der Waals surface area contributed by atoms with Gasteiger partial charge in [-0.15, -0.1) is 0 Å². The summed E-state index contributed by atoms with van der Waals surface area (Å²) in [5.74, 6) is 1.59. The summed E-state index contributed by atoms with van der Waals surface area (Å²) in [6.07, 6.45) is 11.0. The molecule has 1 aromatic heterocycles. The van der Waals surface area contributed by atoms with E-state index in [0.29, 0.717) is 0 Å². The zero-order valence-electron chi connectivity index (χ0n) is 12.5. The summed E-state index contributed by atoms with van der Waals surface area (Å²) < 4.78 is 5.50. The first-order valence-electron chi connectivity index (χ1n) is 8.08. The van der Waals surface area contributed by atoms with E-state index in [9.17, 15) is 0 Å². The number of anilines is 1. The van der Waals surface area contributed by atoms with Gasteiger partial charge in [0.2, 0.25) is 5.89 Å². The summed E-state index contributed by atoms with van der Waals surface area (Å²) in [5, 5.41) is 7.70. The maximum absolute atomic E-state index is 5.50. The van der Waals surface area contributed by atoms with E-state index in [1.165, 1.54) is 51.4 Å². The molecule has 1 N–H and O–H groups in total. The molecule has 2 heterocycles. The molecule has 1 saturated heterocycles. The maximum Gasteiger partial charge on any atom is 0.266 e. The molecule has 0 unspecified atom stereocenters. The Morgan fingerprint density at radius 3 is 2.50 bits per heavy atom. The molecule has 5 nitrogen and oxygen atoms in total. The Morgan fingerprint density at radius 1 is 1.10 bits per heavy atom. The third kappa shape index (κ3) is 2.97. The van der Waals surface area contributed by atoms with Gasteiger partial charge in [-0.05, 0) is 44.3 Å². The van der Waals surface area contributed by atoms with E-state index in [0.717, 1.165) is 31.3 Å². The second-order valence-corrected chi connectivity index (χ2v) is 6.30. The predicted octanol–water partition coefficient (Wildman–Crippen LogP) is 2.52. The number of rotatable bonds is 4. The highest BCUT2D eigenvalue weighted by atomic mass is 16.5. The van der Waals surface area contributed by atoms with Gasteiger partial charge in [-0.2, -0.15) is 4.98 Å². The number of aromatic nitrogens is 2. The van der Waals surface area contributed by atoms with Crippen molar-refractivity contribution in [1.29, 1.82) is 0 Å². The fraction of sp³-hybridized carbons (Fsp3) is 0.867. The van der Waals surface area contributed by atoms with Crippen LogP contribution < -0.4 is 10.2 Å². The lowest BCUT2D eigenvalue weighted by Gasteiger charge is -2.36. The molecule has 0 aromatic carbocycles. The van der Waals surface area contributed by atoms with E-state index in [2.05, 4.69) is 27.4 Å². The van der Waals surface area contributed by atoms with Crippen molar-refractivity contribution in [3.8, 4) is 0 Å². The van der Waals surface area contributed by atoms with Gasteiger partial charge in [0.15, 0.2) is 0 Å². The summed E-state index contributed by atoms with van der Waals surface area (Å²) >= 11 is 0.